The van der Waals surface area contributed by atoms with E-state index in [9.17, 15) is 22.8 Å². The van der Waals surface area contributed by atoms with E-state index in [1.807, 2.05) is 6.92 Å². The lowest BCUT2D eigenvalue weighted by molar-refractivity contribution is -0.137. The summed E-state index contributed by atoms with van der Waals surface area (Å²) in [4.78, 5) is 25.4. The highest BCUT2D eigenvalue weighted by Gasteiger charge is 2.31. The Bertz CT molecular complexity index is 1080. The summed E-state index contributed by atoms with van der Waals surface area (Å²) in [5, 5.41) is 3.10. The van der Waals surface area contributed by atoms with Crippen LogP contribution < -0.4 is 5.32 Å². The van der Waals surface area contributed by atoms with Crippen molar-refractivity contribution in [3.63, 3.8) is 0 Å². The number of rotatable bonds is 5. The molecule has 3 rings (SSSR count). The molecule has 31 heavy (non-hydrogen) atoms. The lowest BCUT2D eigenvalue weighted by atomic mass is 10.1. The van der Waals surface area contributed by atoms with Crippen LogP contribution in [0.2, 0.25) is 5.02 Å². The van der Waals surface area contributed by atoms with E-state index >= 15 is 0 Å². The highest BCUT2D eigenvalue weighted by Crippen LogP contribution is 2.30. The van der Waals surface area contributed by atoms with Gasteiger partial charge in [-0.2, -0.15) is 13.2 Å². The SMILES string of the molecule is Cc1ccc(NC(=O)C(OC(=O)c2ccc(C(F)(F)F)cc2)c2ccccc2)cc1Cl. The average Bonchev–Trinajstić information content (AvgIpc) is 2.74. The van der Waals surface area contributed by atoms with Crippen molar-refractivity contribution in [1.82, 2.24) is 0 Å². The summed E-state index contributed by atoms with van der Waals surface area (Å²) in [6.07, 6.45) is -5.85. The monoisotopic (exact) mass is 447 g/mol. The van der Waals surface area contributed by atoms with Crippen LogP contribution in [0.25, 0.3) is 0 Å². The van der Waals surface area contributed by atoms with Crippen LogP contribution in [-0.2, 0) is 15.7 Å². The van der Waals surface area contributed by atoms with Crippen molar-refractivity contribution in [2.24, 2.45) is 0 Å². The first-order chi connectivity index (χ1) is 14.6. The minimum absolute atomic E-state index is 0.111. The molecule has 0 fully saturated rings. The molecule has 1 unspecified atom stereocenters. The van der Waals surface area contributed by atoms with Crippen LogP contribution in [-0.4, -0.2) is 11.9 Å². The molecule has 8 heteroatoms. The molecule has 0 bridgehead atoms. The summed E-state index contributed by atoms with van der Waals surface area (Å²) in [7, 11) is 0. The Labute approximate surface area is 181 Å². The second-order valence-corrected chi connectivity index (χ2v) is 7.13. The largest absolute Gasteiger partial charge is 0.444 e. The maximum Gasteiger partial charge on any atom is 0.416 e. The third-order valence-electron chi connectivity index (χ3n) is 4.45. The number of amides is 1. The van der Waals surface area contributed by atoms with Crippen LogP contribution >= 0.6 is 11.6 Å². The number of benzene rings is 3. The van der Waals surface area contributed by atoms with E-state index in [1.165, 1.54) is 0 Å². The fraction of sp³-hybridized carbons (Fsp3) is 0.130. The van der Waals surface area contributed by atoms with Gasteiger partial charge >= 0.3 is 12.1 Å². The van der Waals surface area contributed by atoms with Crippen molar-refractivity contribution < 1.29 is 27.5 Å². The number of aryl methyl sites for hydroxylation is 1. The predicted molar refractivity (Wildman–Crippen MR) is 111 cm³/mol. The summed E-state index contributed by atoms with van der Waals surface area (Å²) in [5.41, 5.74) is 0.636. The number of ether oxygens (including phenoxy) is 1. The Morgan fingerprint density at radius 1 is 0.968 bits per heavy atom. The normalized spacial score (nSPS) is 12.2. The molecule has 0 aliphatic rings. The van der Waals surface area contributed by atoms with Crippen LogP contribution in [0, 0.1) is 6.92 Å². The molecule has 0 aliphatic heterocycles. The second kappa shape index (κ2) is 9.22. The molecule has 0 radical (unpaired) electrons. The van der Waals surface area contributed by atoms with Gasteiger partial charge in [-0.25, -0.2) is 4.79 Å². The van der Waals surface area contributed by atoms with E-state index < -0.39 is 29.7 Å². The molecule has 4 nitrogen and oxygen atoms in total. The number of carbonyl (C=O) groups is 2. The molecular weight excluding hydrogens is 431 g/mol. The fourth-order valence-electron chi connectivity index (χ4n) is 2.75. The number of nitrogens with one attached hydrogen (secondary N) is 1. The van der Waals surface area contributed by atoms with Crippen molar-refractivity contribution in [2.45, 2.75) is 19.2 Å². The first kappa shape index (κ1) is 22.4. The second-order valence-electron chi connectivity index (χ2n) is 6.72. The number of carbonyl (C=O) groups excluding carboxylic acids is 2. The lowest BCUT2D eigenvalue weighted by Crippen LogP contribution is -2.26. The average molecular weight is 448 g/mol. The Balaban J connectivity index is 1.83. The van der Waals surface area contributed by atoms with Gasteiger partial charge in [0, 0.05) is 16.3 Å². The van der Waals surface area contributed by atoms with Crippen LogP contribution in [0.1, 0.15) is 33.2 Å². The minimum atomic E-state index is -4.52. The summed E-state index contributed by atoms with van der Waals surface area (Å²) in [5.74, 6) is -1.56. The van der Waals surface area contributed by atoms with Gasteiger partial charge in [0.25, 0.3) is 5.91 Å². The molecule has 0 spiro atoms. The zero-order valence-corrected chi connectivity index (χ0v) is 17.0. The molecule has 0 saturated carbocycles. The van der Waals surface area contributed by atoms with Crippen molar-refractivity contribution in [3.05, 3.63) is 100 Å². The number of anilines is 1. The summed E-state index contributed by atoms with van der Waals surface area (Å²) >= 11 is 6.09. The van der Waals surface area contributed by atoms with Crippen LogP contribution in [0.5, 0.6) is 0 Å². The molecule has 1 N–H and O–H groups in total. The van der Waals surface area contributed by atoms with Gasteiger partial charge in [-0.1, -0.05) is 48.0 Å². The minimum Gasteiger partial charge on any atom is -0.444 e. The topological polar surface area (TPSA) is 55.4 Å². The maximum atomic E-state index is 12.9. The highest BCUT2D eigenvalue weighted by molar-refractivity contribution is 6.31. The van der Waals surface area contributed by atoms with Crippen molar-refractivity contribution in [2.75, 3.05) is 5.32 Å². The van der Waals surface area contributed by atoms with E-state index in [2.05, 4.69) is 5.32 Å². The number of halogens is 4. The lowest BCUT2D eigenvalue weighted by Gasteiger charge is -2.18. The summed E-state index contributed by atoms with van der Waals surface area (Å²) < 4.78 is 43.6. The zero-order chi connectivity index (χ0) is 22.6. The number of hydrogen-bond acceptors (Lipinski definition) is 3. The van der Waals surface area contributed by atoms with Crippen LogP contribution in [0.3, 0.4) is 0 Å². The van der Waals surface area contributed by atoms with E-state index in [0.29, 0.717) is 16.3 Å². The Morgan fingerprint density at radius 2 is 1.61 bits per heavy atom. The van der Waals surface area contributed by atoms with Crippen LogP contribution in [0.4, 0.5) is 18.9 Å². The standard InChI is InChI=1S/C23H17ClF3NO3/c1-14-7-12-18(13-19(14)24)28-21(29)20(15-5-3-2-4-6-15)31-22(30)16-8-10-17(11-9-16)23(25,26)27/h2-13,20H,1H3,(H,28,29). The van der Waals surface area contributed by atoms with Gasteiger partial charge < -0.3 is 10.1 Å². The Morgan fingerprint density at radius 3 is 2.19 bits per heavy atom. The molecule has 3 aromatic carbocycles. The van der Waals surface area contributed by atoms with E-state index in [1.54, 1.807) is 48.5 Å². The molecule has 0 aliphatic carbocycles. The van der Waals surface area contributed by atoms with Crippen molar-refractivity contribution >= 4 is 29.2 Å². The molecule has 160 valence electrons. The van der Waals surface area contributed by atoms with Gasteiger partial charge in [-0.05, 0) is 48.9 Å². The smallest absolute Gasteiger partial charge is 0.416 e. The maximum absolute atomic E-state index is 12.9. The third-order valence-corrected chi connectivity index (χ3v) is 4.86. The molecule has 3 aromatic rings. The first-order valence-corrected chi connectivity index (χ1v) is 9.53. The van der Waals surface area contributed by atoms with Gasteiger partial charge in [0.1, 0.15) is 0 Å². The molecule has 1 atom stereocenters. The summed E-state index contributed by atoms with van der Waals surface area (Å²) in [6, 6.07) is 16.8. The molecule has 0 saturated heterocycles. The van der Waals surface area contributed by atoms with Gasteiger partial charge in [0.15, 0.2) is 0 Å². The van der Waals surface area contributed by atoms with Crippen molar-refractivity contribution in [3.8, 4) is 0 Å². The summed E-state index contributed by atoms with van der Waals surface area (Å²) in [6.45, 7) is 1.81. The van der Waals surface area contributed by atoms with Gasteiger partial charge in [-0.3, -0.25) is 4.79 Å². The number of alkyl halides is 3. The number of hydrogen-bond donors (Lipinski definition) is 1. The van der Waals surface area contributed by atoms with Gasteiger partial charge in [0.2, 0.25) is 6.10 Å². The predicted octanol–water partition coefficient (Wildman–Crippen LogP) is 6.20. The quantitative estimate of drug-likeness (QED) is 0.473. The van der Waals surface area contributed by atoms with E-state index in [0.717, 1.165) is 29.8 Å². The van der Waals surface area contributed by atoms with Crippen molar-refractivity contribution in [1.29, 1.82) is 0 Å². The van der Waals surface area contributed by atoms with Gasteiger partial charge in [0.05, 0.1) is 11.1 Å². The fourth-order valence-corrected chi connectivity index (χ4v) is 2.93. The van der Waals surface area contributed by atoms with E-state index in [-0.39, 0.29) is 5.56 Å². The Kier molecular flexibility index (Phi) is 6.65. The highest BCUT2D eigenvalue weighted by atomic mass is 35.5. The first-order valence-electron chi connectivity index (χ1n) is 9.15. The van der Waals surface area contributed by atoms with Crippen LogP contribution in [0.15, 0.2) is 72.8 Å². The third kappa shape index (κ3) is 5.64. The Hall–Kier alpha value is -3.32. The molecular formula is C23H17ClF3NO3. The van der Waals surface area contributed by atoms with Gasteiger partial charge in [-0.15, -0.1) is 0 Å². The van der Waals surface area contributed by atoms with E-state index in [4.69, 9.17) is 16.3 Å². The molecule has 1 amide bonds. The molecule has 0 heterocycles. The number of esters is 1. The molecule has 0 aromatic heterocycles. The zero-order valence-electron chi connectivity index (χ0n) is 16.2.